The molecule has 140 valence electrons. The SMILES string of the molecule is Cc1c(F)c(-c2nn3cc(C4CCB(C#N)CC4)nc3s2)cc2cn(C)nc12. The van der Waals surface area contributed by atoms with Crippen LogP contribution in [0.5, 0.6) is 0 Å². The molecule has 28 heavy (non-hydrogen) atoms. The lowest BCUT2D eigenvalue weighted by atomic mass is 9.41. The van der Waals surface area contributed by atoms with Crippen LogP contribution in [0.3, 0.4) is 0 Å². The second-order valence-corrected chi connectivity index (χ2v) is 8.54. The minimum Gasteiger partial charge on any atom is -0.275 e. The normalized spacial score (nSPS) is 15.6. The summed E-state index contributed by atoms with van der Waals surface area (Å²) in [7, 11) is 1.83. The second kappa shape index (κ2) is 6.42. The number of imidazole rings is 1. The van der Waals surface area contributed by atoms with Gasteiger partial charge in [-0.25, -0.2) is 19.2 Å². The van der Waals surface area contributed by atoms with Crippen LogP contribution in [-0.2, 0) is 7.05 Å². The maximum absolute atomic E-state index is 15.0. The van der Waals surface area contributed by atoms with E-state index >= 15 is 0 Å². The van der Waals surface area contributed by atoms with Crippen LogP contribution in [0.2, 0.25) is 12.6 Å². The van der Waals surface area contributed by atoms with Gasteiger partial charge in [-0.05, 0) is 13.0 Å². The van der Waals surface area contributed by atoms with E-state index < -0.39 is 0 Å². The van der Waals surface area contributed by atoms with Crippen molar-refractivity contribution in [2.75, 3.05) is 0 Å². The molecule has 3 aromatic heterocycles. The maximum Gasteiger partial charge on any atom is 0.267 e. The van der Waals surface area contributed by atoms with Gasteiger partial charge in [0.25, 0.3) is 6.71 Å². The van der Waals surface area contributed by atoms with E-state index in [9.17, 15) is 4.39 Å². The van der Waals surface area contributed by atoms with E-state index in [2.05, 4.69) is 16.2 Å². The van der Waals surface area contributed by atoms with Crippen LogP contribution in [0.4, 0.5) is 4.39 Å². The summed E-state index contributed by atoms with van der Waals surface area (Å²) >= 11 is 1.40. The Labute approximate surface area is 165 Å². The Bertz CT molecular complexity index is 1210. The van der Waals surface area contributed by atoms with Crippen molar-refractivity contribution in [3.63, 3.8) is 0 Å². The van der Waals surface area contributed by atoms with Gasteiger partial charge in [0.15, 0.2) is 5.01 Å². The molecule has 1 saturated heterocycles. The van der Waals surface area contributed by atoms with Crippen LogP contribution in [0.1, 0.15) is 30.0 Å². The average molecular weight is 392 g/mol. The van der Waals surface area contributed by atoms with Crippen molar-refractivity contribution in [2.45, 2.75) is 38.3 Å². The van der Waals surface area contributed by atoms with Crippen LogP contribution in [-0.4, -0.2) is 31.1 Å². The van der Waals surface area contributed by atoms with E-state index in [1.54, 1.807) is 16.1 Å². The number of nitriles is 1. The minimum atomic E-state index is -0.279. The van der Waals surface area contributed by atoms with E-state index in [0.29, 0.717) is 27.6 Å². The number of rotatable bonds is 2. The van der Waals surface area contributed by atoms with Gasteiger partial charge in [0.05, 0.1) is 17.4 Å². The van der Waals surface area contributed by atoms with Crippen LogP contribution < -0.4 is 0 Å². The molecule has 0 bridgehead atoms. The van der Waals surface area contributed by atoms with Gasteiger partial charge in [0.1, 0.15) is 5.82 Å². The monoisotopic (exact) mass is 392 g/mol. The Morgan fingerprint density at radius 3 is 2.79 bits per heavy atom. The predicted octanol–water partition coefficient (Wildman–Crippen LogP) is 4.23. The number of hydrogen-bond donors (Lipinski definition) is 0. The zero-order valence-electron chi connectivity index (χ0n) is 15.7. The summed E-state index contributed by atoms with van der Waals surface area (Å²) in [5, 5.41) is 19.5. The molecule has 9 heteroatoms. The number of aryl methyl sites for hydroxylation is 2. The minimum absolute atomic E-state index is 0.179. The van der Waals surface area contributed by atoms with Gasteiger partial charge < -0.3 is 0 Å². The number of aromatic nitrogens is 5. The van der Waals surface area contributed by atoms with Crippen molar-refractivity contribution in [3.05, 3.63) is 35.5 Å². The third kappa shape index (κ3) is 2.71. The Hall–Kier alpha value is -2.73. The molecule has 0 spiro atoms. The van der Waals surface area contributed by atoms with Crippen LogP contribution in [0, 0.1) is 24.0 Å². The number of nitrogens with zero attached hydrogens (tertiary/aromatic N) is 6. The standard InChI is InChI=1S/C19H18BFN6S/c1-11-16(21)14(7-13-8-26(2)24-17(11)13)18-25-27-9-15(23-19(27)28-18)12-3-5-20(10-22)6-4-12/h7-9,12H,3-6H2,1-2H3. The number of hydrogen-bond acceptors (Lipinski definition) is 5. The van der Waals surface area contributed by atoms with Gasteiger partial charge in [-0.3, -0.25) is 4.68 Å². The lowest BCUT2D eigenvalue weighted by molar-refractivity contribution is 0.598. The quantitative estimate of drug-likeness (QED) is 0.479. The zero-order valence-corrected chi connectivity index (χ0v) is 16.5. The van der Waals surface area contributed by atoms with Crippen LogP contribution in [0.15, 0.2) is 18.5 Å². The molecule has 1 aliphatic heterocycles. The van der Waals surface area contributed by atoms with E-state index in [0.717, 1.165) is 41.5 Å². The van der Waals surface area contributed by atoms with E-state index in [4.69, 9.17) is 10.2 Å². The average Bonchev–Trinajstić information content (AvgIpc) is 3.37. The summed E-state index contributed by atoms with van der Waals surface area (Å²) in [6.45, 7) is 1.93. The molecule has 0 amide bonds. The number of halogens is 1. The Balaban J connectivity index is 1.50. The van der Waals surface area contributed by atoms with Crippen molar-refractivity contribution in [3.8, 4) is 16.5 Å². The first-order valence-corrected chi connectivity index (χ1v) is 10.2. The van der Waals surface area contributed by atoms with E-state index in [-0.39, 0.29) is 12.5 Å². The Morgan fingerprint density at radius 1 is 1.29 bits per heavy atom. The summed E-state index contributed by atoms with van der Waals surface area (Å²) < 4.78 is 18.4. The second-order valence-electron chi connectivity index (χ2n) is 7.58. The first-order valence-electron chi connectivity index (χ1n) is 9.42. The molecule has 1 aliphatic rings. The van der Waals surface area contributed by atoms with Gasteiger partial charge in [-0.1, -0.05) is 36.8 Å². The fourth-order valence-electron chi connectivity index (χ4n) is 4.13. The van der Waals surface area contributed by atoms with Gasteiger partial charge in [0, 0.05) is 41.6 Å². The van der Waals surface area contributed by atoms with Crippen molar-refractivity contribution in [1.82, 2.24) is 24.4 Å². The first kappa shape index (κ1) is 17.4. The smallest absolute Gasteiger partial charge is 0.267 e. The topological polar surface area (TPSA) is 71.8 Å². The number of benzene rings is 1. The predicted molar refractivity (Wildman–Crippen MR) is 108 cm³/mol. The van der Waals surface area contributed by atoms with Gasteiger partial charge in [-0.15, -0.1) is 0 Å². The molecule has 5 rings (SSSR count). The molecule has 1 aromatic carbocycles. The Morgan fingerprint density at radius 2 is 2.07 bits per heavy atom. The first-order chi connectivity index (χ1) is 13.5. The molecule has 1 fully saturated rings. The lowest BCUT2D eigenvalue weighted by Crippen LogP contribution is -2.19. The van der Waals surface area contributed by atoms with Crippen molar-refractivity contribution >= 4 is 33.9 Å². The molecule has 0 atom stereocenters. The Kier molecular flexibility index (Phi) is 3.98. The molecule has 4 aromatic rings. The summed E-state index contributed by atoms with van der Waals surface area (Å²) in [5.41, 5.74) is 2.74. The molecule has 0 aliphatic carbocycles. The van der Waals surface area contributed by atoms with Crippen LogP contribution >= 0.6 is 11.3 Å². The fraction of sp³-hybridized carbons (Fsp3) is 0.368. The highest BCUT2D eigenvalue weighted by molar-refractivity contribution is 7.19. The number of fused-ring (bicyclic) bond motifs is 2. The highest BCUT2D eigenvalue weighted by Crippen LogP contribution is 2.36. The highest BCUT2D eigenvalue weighted by atomic mass is 32.1. The largest absolute Gasteiger partial charge is 0.275 e. The zero-order chi connectivity index (χ0) is 19.4. The highest BCUT2D eigenvalue weighted by Gasteiger charge is 2.27. The summed E-state index contributed by atoms with van der Waals surface area (Å²) in [4.78, 5) is 5.52. The van der Waals surface area contributed by atoms with E-state index in [1.807, 2.05) is 25.5 Å². The van der Waals surface area contributed by atoms with Gasteiger partial charge in [-0.2, -0.15) is 10.2 Å². The lowest BCUT2D eigenvalue weighted by Gasteiger charge is -2.21. The molecule has 6 nitrogen and oxygen atoms in total. The van der Waals surface area contributed by atoms with Crippen molar-refractivity contribution < 1.29 is 4.39 Å². The van der Waals surface area contributed by atoms with E-state index in [1.165, 1.54) is 11.3 Å². The summed E-state index contributed by atoms with van der Waals surface area (Å²) in [6, 6.07) is 1.81. The molecule has 0 radical (unpaired) electrons. The van der Waals surface area contributed by atoms with Crippen molar-refractivity contribution in [2.24, 2.45) is 7.05 Å². The molecule has 4 heterocycles. The van der Waals surface area contributed by atoms with Crippen LogP contribution in [0.25, 0.3) is 26.4 Å². The molecular formula is C19H18BFN6S. The molecule has 0 saturated carbocycles. The van der Waals surface area contributed by atoms with Gasteiger partial charge >= 0.3 is 0 Å². The molecular weight excluding hydrogens is 374 g/mol. The third-order valence-electron chi connectivity index (χ3n) is 5.70. The third-order valence-corrected chi connectivity index (χ3v) is 6.65. The summed E-state index contributed by atoms with van der Waals surface area (Å²) in [6.07, 6.45) is 7.68. The molecule has 0 N–H and O–H groups in total. The maximum atomic E-state index is 15.0. The summed E-state index contributed by atoms with van der Waals surface area (Å²) in [5.74, 6) is 2.47. The molecule has 0 unspecified atom stereocenters. The van der Waals surface area contributed by atoms with Crippen molar-refractivity contribution in [1.29, 1.82) is 5.26 Å². The van der Waals surface area contributed by atoms with Gasteiger partial charge in [0.2, 0.25) is 4.96 Å². The fourth-order valence-corrected chi connectivity index (χ4v) is 5.02.